The Bertz CT molecular complexity index is 377. The summed E-state index contributed by atoms with van der Waals surface area (Å²) < 4.78 is 0. The van der Waals surface area contributed by atoms with Gasteiger partial charge in [0.15, 0.2) is 0 Å². The number of carbonyl (C=O) groups excluding carboxylic acids is 1. The van der Waals surface area contributed by atoms with Crippen molar-refractivity contribution in [2.24, 2.45) is 0 Å². The van der Waals surface area contributed by atoms with Crippen molar-refractivity contribution in [2.45, 2.75) is 32.2 Å². The molecule has 0 spiro atoms. The highest BCUT2D eigenvalue weighted by molar-refractivity contribution is 6.29. The van der Waals surface area contributed by atoms with Crippen molar-refractivity contribution < 1.29 is 4.79 Å². The number of pyridine rings is 1. The molecule has 1 fully saturated rings. The van der Waals surface area contributed by atoms with Gasteiger partial charge in [-0.05, 0) is 38.3 Å². The summed E-state index contributed by atoms with van der Waals surface area (Å²) in [6.07, 6.45) is 4.94. The minimum Gasteiger partial charge on any atom is -0.336 e. The molecule has 1 aliphatic rings. The van der Waals surface area contributed by atoms with E-state index in [2.05, 4.69) is 11.9 Å². The van der Waals surface area contributed by atoms with Crippen LogP contribution in [0.3, 0.4) is 0 Å². The Labute approximate surface area is 100 Å². The Balaban J connectivity index is 2.14. The third-order valence-electron chi connectivity index (χ3n) is 3.04. The molecule has 1 aromatic heterocycles. The topological polar surface area (TPSA) is 33.2 Å². The fourth-order valence-electron chi connectivity index (χ4n) is 2.07. The Morgan fingerprint density at radius 2 is 2.31 bits per heavy atom. The molecule has 0 aromatic carbocycles. The molecule has 0 unspecified atom stereocenters. The number of nitrogens with zero attached hydrogens (tertiary/aromatic N) is 2. The number of rotatable bonds is 1. The van der Waals surface area contributed by atoms with E-state index in [-0.39, 0.29) is 5.91 Å². The zero-order valence-corrected chi connectivity index (χ0v) is 10.1. The van der Waals surface area contributed by atoms with Crippen LogP contribution >= 0.6 is 11.6 Å². The first kappa shape index (κ1) is 11.4. The average molecular weight is 239 g/mol. The number of aromatic nitrogens is 1. The second-order valence-electron chi connectivity index (χ2n) is 4.21. The maximum Gasteiger partial charge on any atom is 0.255 e. The lowest BCUT2D eigenvalue weighted by Gasteiger charge is -2.33. The van der Waals surface area contributed by atoms with Gasteiger partial charge in [0.2, 0.25) is 0 Å². The van der Waals surface area contributed by atoms with Crippen LogP contribution in [0.25, 0.3) is 0 Å². The lowest BCUT2D eigenvalue weighted by Crippen LogP contribution is -2.42. The van der Waals surface area contributed by atoms with Crippen LogP contribution in [0.2, 0.25) is 5.15 Å². The molecule has 1 amide bonds. The van der Waals surface area contributed by atoms with Gasteiger partial charge in [-0.1, -0.05) is 11.6 Å². The number of hydrogen-bond donors (Lipinski definition) is 0. The summed E-state index contributed by atoms with van der Waals surface area (Å²) in [6.45, 7) is 2.95. The van der Waals surface area contributed by atoms with Crippen molar-refractivity contribution in [2.75, 3.05) is 6.54 Å². The van der Waals surface area contributed by atoms with E-state index in [0.717, 1.165) is 19.4 Å². The van der Waals surface area contributed by atoms with Crippen LogP contribution < -0.4 is 0 Å². The Hall–Kier alpha value is -1.09. The van der Waals surface area contributed by atoms with Gasteiger partial charge in [-0.2, -0.15) is 0 Å². The number of halogens is 1. The van der Waals surface area contributed by atoms with Gasteiger partial charge in [0.05, 0.1) is 5.56 Å². The summed E-state index contributed by atoms with van der Waals surface area (Å²) in [5.74, 6) is 0.0661. The number of hydrogen-bond acceptors (Lipinski definition) is 2. The van der Waals surface area contributed by atoms with Crippen LogP contribution in [0.4, 0.5) is 0 Å². The van der Waals surface area contributed by atoms with E-state index in [0.29, 0.717) is 16.8 Å². The Kier molecular flexibility index (Phi) is 3.44. The van der Waals surface area contributed by atoms with Gasteiger partial charge in [-0.3, -0.25) is 4.79 Å². The standard InChI is InChI=1S/C12H15ClN2O/c1-9-4-2-3-7-15(9)12(16)10-5-6-11(13)14-8-10/h5-6,8-9H,2-4,7H2,1H3/t9-/m1/s1. The van der Waals surface area contributed by atoms with Crippen molar-refractivity contribution >= 4 is 17.5 Å². The predicted molar refractivity (Wildman–Crippen MR) is 63.6 cm³/mol. The molecule has 2 rings (SSSR count). The summed E-state index contributed by atoms with van der Waals surface area (Å²) in [5.41, 5.74) is 0.623. The zero-order valence-electron chi connectivity index (χ0n) is 9.32. The first-order valence-corrected chi connectivity index (χ1v) is 5.99. The van der Waals surface area contributed by atoms with E-state index >= 15 is 0 Å². The number of amides is 1. The second kappa shape index (κ2) is 4.83. The Morgan fingerprint density at radius 3 is 2.94 bits per heavy atom. The third-order valence-corrected chi connectivity index (χ3v) is 3.26. The maximum atomic E-state index is 12.2. The van der Waals surface area contributed by atoms with Crippen molar-refractivity contribution in [3.8, 4) is 0 Å². The van der Waals surface area contributed by atoms with Crippen molar-refractivity contribution in [3.05, 3.63) is 29.0 Å². The van der Waals surface area contributed by atoms with Gasteiger partial charge in [0.25, 0.3) is 5.91 Å². The lowest BCUT2D eigenvalue weighted by atomic mass is 10.0. The van der Waals surface area contributed by atoms with E-state index in [1.165, 1.54) is 6.42 Å². The first-order chi connectivity index (χ1) is 7.68. The fraction of sp³-hybridized carbons (Fsp3) is 0.500. The molecule has 4 heteroatoms. The molecular weight excluding hydrogens is 224 g/mol. The van der Waals surface area contributed by atoms with E-state index < -0.39 is 0 Å². The van der Waals surface area contributed by atoms with Crippen LogP contribution in [0, 0.1) is 0 Å². The molecule has 0 N–H and O–H groups in total. The number of likely N-dealkylation sites (tertiary alicyclic amines) is 1. The summed E-state index contributed by atoms with van der Waals surface area (Å²) in [6, 6.07) is 3.72. The summed E-state index contributed by atoms with van der Waals surface area (Å²) in [4.78, 5) is 18.0. The van der Waals surface area contributed by atoms with Crippen molar-refractivity contribution in [1.29, 1.82) is 0 Å². The maximum absolute atomic E-state index is 12.2. The van der Waals surface area contributed by atoms with Crippen LogP contribution in [0.15, 0.2) is 18.3 Å². The van der Waals surface area contributed by atoms with Crippen molar-refractivity contribution in [3.63, 3.8) is 0 Å². The molecule has 3 nitrogen and oxygen atoms in total. The van der Waals surface area contributed by atoms with Gasteiger partial charge in [-0.15, -0.1) is 0 Å². The molecule has 0 radical (unpaired) electrons. The number of carbonyl (C=O) groups is 1. The summed E-state index contributed by atoms with van der Waals surface area (Å²) in [7, 11) is 0. The summed E-state index contributed by atoms with van der Waals surface area (Å²) >= 11 is 5.69. The SMILES string of the molecule is C[C@@H]1CCCCN1C(=O)c1ccc(Cl)nc1. The van der Waals surface area contributed by atoms with Crippen LogP contribution in [-0.4, -0.2) is 28.4 Å². The summed E-state index contributed by atoms with van der Waals surface area (Å²) in [5, 5.41) is 0.420. The van der Waals surface area contributed by atoms with Gasteiger partial charge in [0.1, 0.15) is 5.15 Å². The molecule has 1 aliphatic heterocycles. The van der Waals surface area contributed by atoms with Crippen LogP contribution in [-0.2, 0) is 0 Å². The third kappa shape index (κ3) is 2.35. The molecule has 86 valence electrons. The number of piperidine rings is 1. The van der Waals surface area contributed by atoms with Crippen LogP contribution in [0.5, 0.6) is 0 Å². The lowest BCUT2D eigenvalue weighted by molar-refractivity contribution is 0.0635. The van der Waals surface area contributed by atoms with E-state index in [1.54, 1.807) is 18.3 Å². The molecule has 2 heterocycles. The minimum atomic E-state index is 0.0661. The normalized spacial score (nSPS) is 20.9. The highest BCUT2D eigenvalue weighted by Crippen LogP contribution is 2.19. The van der Waals surface area contributed by atoms with E-state index in [9.17, 15) is 4.79 Å². The largest absolute Gasteiger partial charge is 0.336 e. The Morgan fingerprint density at radius 1 is 1.50 bits per heavy atom. The van der Waals surface area contributed by atoms with Gasteiger partial charge < -0.3 is 4.90 Å². The first-order valence-electron chi connectivity index (χ1n) is 5.61. The highest BCUT2D eigenvalue weighted by Gasteiger charge is 2.24. The molecule has 0 aliphatic carbocycles. The second-order valence-corrected chi connectivity index (χ2v) is 4.60. The monoisotopic (exact) mass is 238 g/mol. The van der Waals surface area contributed by atoms with Crippen LogP contribution in [0.1, 0.15) is 36.5 Å². The predicted octanol–water partition coefficient (Wildman–Crippen LogP) is 2.75. The molecule has 1 aromatic rings. The van der Waals surface area contributed by atoms with Gasteiger partial charge in [0, 0.05) is 18.8 Å². The van der Waals surface area contributed by atoms with Crippen molar-refractivity contribution in [1.82, 2.24) is 9.88 Å². The average Bonchev–Trinajstić information content (AvgIpc) is 2.30. The quantitative estimate of drug-likeness (QED) is 0.705. The molecular formula is C12H15ClN2O. The van der Waals surface area contributed by atoms with Gasteiger partial charge in [-0.25, -0.2) is 4.98 Å². The smallest absolute Gasteiger partial charge is 0.255 e. The molecule has 1 atom stereocenters. The molecule has 0 saturated carbocycles. The van der Waals surface area contributed by atoms with Gasteiger partial charge >= 0.3 is 0 Å². The zero-order chi connectivity index (χ0) is 11.5. The molecule has 1 saturated heterocycles. The molecule has 16 heavy (non-hydrogen) atoms. The van der Waals surface area contributed by atoms with E-state index in [4.69, 9.17) is 11.6 Å². The minimum absolute atomic E-state index is 0.0661. The fourth-order valence-corrected chi connectivity index (χ4v) is 2.18. The highest BCUT2D eigenvalue weighted by atomic mass is 35.5. The van der Waals surface area contributed by atoms with E-state index in [1.807, 2.05) is 4.90 Å². The molecule has 0 bridgehead atoms.